The first-order valence-corrected chi connectivity index (χ1v) is 10.0. The van der Waals surface area contributed by atoms with Crippen LogP contribution < -0.4 is 9.46 Å². The molecule has 4 nitrogen and oxygen atoms in total. The van der Waals surface area contributed by atoms with E-state index in [0.717, 1.165) is 31.2 Å². The van der Waals surface area contributed by atoms with Gasteiger partial charge in [-0.1, -0.05) is 55.3 Å². The van der Waals surface area contributed by atoms with Gasteiger partial charge in [0.1, 0.15) is 10.6 Å². The molecule has 1 aliphatic rings. The fourth-order valence-electron chi connectivity index (χ4n) is 3.59. The van der Waals surface area contributed by atoms with Crippen LogP contribution in [0.4, 0.5) is 8.78 Å². The highest BCUT2D eigenvalue weighted by atomic mass is 32.2. The first kappa shape index (κ1) is 18.8. The molecule has 0 aromatic heterocycles. The normalized spacial score (nSPS) is 16.7. The zero-order valence-corrected chi connectivity index (χ0v) is 15.0. The summed E-state index contributed by atoms with van der Waals surface area (Å²) >= 11 is 0. The van der Waals surface area contributed by atoms with Gasteiger partial charge in [0.2, 0.25) is 10.0 Å². The van der Waals surface area contributed by atoms with E-state index in [4.69, 9.17) is 0 Å². The largest absolute Gasteiger partial charge is 0.433 e. The molecule has 0 radical (unpaired) electrons. The SMILES string of the molecule is O=S(=O)(NCC1(c2ccccc2)CCCC1)c1ccccc1OC(F)F. The Hall–Kier alpha value is -1.99. The van der Waals surface area contributed by atoms with Gasteiger partial charge in [0.05, 0.1) is 0 Å². The van der Waals surface area contributed by atoms with Crippen LogP contribution in [0.15, 0.2) is 59.5 Å². The van der Waals surface area contributed by atoms with Crippen molar-refractivity contribution in [3.05, 3.63) is 60.2 Å². The number of benzene rings is 2. The second-order valence-corrected chi connectivity index (χ2v) is 8.24. The van der Waals surface area contributed by atoms with Crippen molar-refractivity contribution in [1.82, 2.24) is 4.72 Å². The molecule has 0 saturated heterocycles. The van der Waals surface area contributed by atoms with E-state index in [-0.39, 0.29) is 22.6 Å². The molecule has 140 valence electrons. The highest BCUT2D eigenvalue weighted by molar-refractivity contribution is 7.89. The van der Waals surface area contributed by atoms with Crippen LogP contribution in [0.1, 0.15) is 31.2 Å². The van der Waals surface area contributed by atoms with E-state index in [1.54, 1.807) is 0 Å². The number of halogens is 2. The molecule has 1 aliphatic carbocycles. The predicted molar refractivity (Wildman–Crippen MR) is 94.9 cm³/mol. The van der Waals surface area contributed by atoms with Gasteiger partial charge in [-0.15, -0.1) is 0 Å². The maximum Gasteiger partial charge on any atom is 0.387 e. The number of alkyl halides is 2. The van der Waals surface area contributed by atoms with Gasteiger partial charge >= 0.3 is 6.61 Å². The number of hydrogen-bond acceptors (Lipinski definition) is 3. The maximum absolute atomic E-state index is 12.7. The third kappa shape index (κ3) is 4.04. The first-order chi connectivity index (χ1) is 12.4. The van der Waals surface area contributed by atoms with Crippen LogP contribution in [0.3, 0.4) is 0 Å². The summed E-state index contributed by atoms with van der Waals surface area (Å²) in [6.45, 7) is -2.86. The van der Waals surface area contributed by atoms with Gasteiger partial charge in [-0.2, -0.15) is 8.78 Å². The summed E-state index contributed by atoms with van der Waals surface area (Å²) < 4.78 is 57.6. The molecule has 0 atom stereocenters. The van der Waals surface area contributed by atoms with Crippen molar-refractivity contribution in [2.24, 2.45) is 0 Å². The van der Waals surface area contributed by atoms with Crippen LogP contribution in [0.2, 0.25) is 0 Å². The van der Waals surface area contributed by atoms with Crippen LogP contribution in [0.25, 0.3) is 0 Å². The Kier molecular flexibility index (Phi) is 5.58. The fourth-order valence-corrected chi connectivity index (χ4v) is 4.85. The number of nitrogens with one attached hydrogen (secondary N) is 1. The number of hydrogen-bond donors (Lipinski definition) is 1. The molecular weight excluding hydrogens is 360 g/mol. The van der Waals surface area contributed by atoms with Crippen molar-refractivity contribution < 1.29 is 21.9 Å². The summed E-state index contributed by atoms with van der Waals surface area (Å²) in [6, 6.07) is 15.3. The Bertz CT molecular complexity index is 835. The lowest BCUT2D eigenvalue weighted by molar-refractivity contribution is -0.0517. The van der Waals surface area contributed by atoms with E-state index in [2.05, 4.69) is 9.46 Å². The second-order valence-electron chi connectivity index (χ2n) is 6.50. The van der Waals surface area contributed by atoms with Crippen molar-refractivity contribution in [2.45, 2.75) is 42.6 Å². The Labute approximate surface area is 152 Å². The monoisotopic (exact) mass is 381 g/mol. The molecular formula is C19H21F2NO3S. The van der Waals surface area contributed by atoms with Crippen LogP contribution in [0, 0.1) is 0 Å². The second kappa shape index (κ2) is 7.72. The first-order valence-electron chi connectivity index (χ1n) is 8.52. The molecule has 0 aliphatic heterocycles. The lowest BCUT2D eigenvalue weighted by Gasteiger charge is -2.30. The van der Waals surface area contributed by atoms with E-state index < -0.39 is 16.6 Å². The Morgan fingerprint density at radius 1 is 1.00 bits per heavy atom. The van der Waals surface area contributed by atoms with E-state index in [1.807, 2.05) is 30.3 Å². The zero-order valence-electron chi connectivity index (χ0n) is 14.2. The Balaban J connectivity index is 1.84. The summed E-state index contributed by atoms with van der Waals surface area (Å²) in [5.41, 5.74) is 0.824. The maximum atomic E-state index is 12.7. The van der Waals surface area contributed by atoms with Crippen molar-refractivity contribution in [1.29, 1.82) is 0 Å². The Morgan fingerprint density at radius 2 is 1.62 bits per heavy atom. The molecule has 0 unspecified atom stereocenters. The minimum absolute atomic E-state index is 0.225. The molecule has 2 aromatic carbocycles. The number of para-hydroxylation sites is 1. The predicted octanol–water partition coefficient (Wildman–Crippen LogP) is 4.08. The minimum Gasteiger partial charge on any atom is -0.433 e. The fraction of sp³-hybridized carbons (Fsp3) is 0.368. The third-order valence-electron chi connectivity index (χ3n) is 4.90. The van der Waals surface area contributed by atoms with E-state index in [0.29, 0.717) is 0 Å². The standard InChI is InChI=1S/C19H21F2NO3S/c20-18(21)25-16-10-4-5-11-17(16)26(23,24)22-14-19(12-6-7-13-19)15-8-2-1-3-9-15/h1-5,8-11,18,22H,6-7,12-14H2. The molecule has 1 saturated carbocycles. The summed E-state index contributed by atoms with van der Waals surface area (Å²) in [7, 11) is -3.98. The smallest absolute Gasteiger partial charge is 0.387 e. The van der Waals surface area contributed by atoms with Gasteiger partial charge in [0, 0.05) is 12.0 Å². The van der Waals surface area contributed by atoms with Crippen molar-refractivity contribution in [2.75, 3.05) is 6.54 Å². The van der Waals surface area contributed by atoms with Crippen LogP contribution in [0.5, 0.6) is 5.75 Å². The molecule has 1 N–H and O–H groups in total. The van der Waals surface area contributed by atoms with Gasteiger partial charge in [0.25, 0.3) is 0 Å². The molecule has 3 rings (SSSR count). The summed E-state index contributed by atoms with van der Waals surface area (Å²) in [4.78, 5) is -0.276. The highest BCUT2D eigenvalue weighted by Crippen LogP contribution is 2.41. The average Bonchev–Trinajstić information content (AvgIpc) is 3.11. The zero-order chi connectivity index (χ0) is 18.6. The van der Waals surface area contributed by atoms with Gasteiger partial charge in [0.15, 0.2) is 0 Å². The summed E-state index contributed by atoms with van der Waals surface area (Å²) in [5, 5.41) is 0. The molecule has 0 amide bonds. The number of sulfonamides is 1. The highest BCUT2D eigenvalue weighted by Gasteiger charge is 2.37. The van der Waals surface area contributed by atoms with Gasteiger partial charge in [-0.05, 0) is 30.5 Å². The van der Waals surface area contributed by atoms with Gasteiger partial charge in [-0.25, -0.2) is 13.1 Å². The minimum atomic E-state index is -3.98. The molecule has 1 fully saturated rings. The van der Waals surface area contributed by atoms with E-state index in [9.17, 15) is 17.2 Å². The molecule has 26 heavy (non-hydrogen) atoms. The summed E-state index contributed by atoms with van der Waals surface area (Å²) in [5.74, 6) is -0.352. The third-order valence-corrected chi connectivity index (χ3v) is 6.34. The number of rotatable bonds is 7. The molecule has 2 aromatic rings. The lowest BCUT2D eigenvalue weighted by Crippen LogP contribution is -2.39. The van der Waals surface area contributed by atoms with Gasteiger partial charge in [-0.3, -0.25) is 0 Å². The van der Waals surface area contributed by atoms with E-state index in [1.165, 1.54) is 24.3 Å². The van der Waals surface area contributed by atoms with Crippen LogP contribution in [-0.4, -0.2) is 21.6 Å². The summed E-state index contributed by atoms with van der Waals surface area (Å²) in [6.07, 6.45) is 3.83. The van der Waals surface area contributed by atoms with Crippen molar-refractivity contribution in [3.63, 3.8) is 0 Å². The topological polar surface area (TPSA) is 55.4 Å². The van der Waals surface area contributed by atoms with Crippen molar-refractivity contribution >= 4 is 10.0 Å². The van der Waals surface area contributed by atoms with Crippen LogP contribution in [-0.2, 0) is 15.4 Å². The van der Waals surface area contributed by atoms with Crippen molar-refractivity contribution in [3.8, 4) is 5.75 Å². The number of ether oxygens (including phenoxy) is 1. The quantitative estimate of drug-likeness (QED) is 0.786. The Morgan fingerprint density at radius 3 is 2.27 bits per heavy atom. The lowest BCUT2D eigenvalue weighted by atomic mass is 9.79. The molecule has 0 heterocycles. The molecule has 0 spiro atoms. The van der Waals surface area contributed by atoms with Gasteiger partial charge < -0.3 is 4.74 Å². The molecule has 0 bridgehead atoms. The molecule has 7 heteroatoms. The average molecular weight is 381 g/mol. The van der Waals surface area contributed by atoms with E-state index >= 15 is 0 Å². The van der Waals surface area contributed by atoms with Crippen LogP contribution >= 0.6 is 0 Å².